The fourth-order valence-electron chi connectivity index (χ4n) is 3.22. The van der Waals surface area contributed by atoms with E-state index in [0.717, 1.165) is 30.0 Å². The first-order valence-corrected chi connectivity index (χ1v) is 8.81. The minimum Gasteiger partial charge on any atom is -0.274 e. The van der Waals surface area contributed by atoms with Crippen LogP contribution in [-0.2, 0) is 26.7 Å². The van der Waals surface area contributed by atoms with Crippen LogP contribution in [0.25, 0.3) is 0 Å². The fourth-order valence-corrected chi connectivity index (χ4v) is 4.14. The molecule has 1 amide bonds. The van der Waals surface area contributed by atoms with Crippen molar-refractivity contribution in [3.05, 3.63) is 33.8 Å². The standard InChI is InChI=1S/C13H14BrNO3S/c1-19(17,18)15-12(16)11-7-13(11)5-4-8-6-9(14)2-3-10(8)13/h2-3,6,11H,4-5,7H2,1H3,(H,15,16)/t11-,13-/m0/s1. The molecule has 0 heterocycles. The summed E-state index contributed by atoms with van der Waals surface area (Å²) in [5, 5.41) is 0. The maximum atomic E-state index is 12.0. The number of hydrogen-bond donors (Lipinski definition) is 1. The van der Waals surface area contributed by atoms with Gasteiger partial charge in [-0.25, -0.2) is 8.42 Å². The van der Waals surface area contributed by atoms with E-state index in [0.29, 0.717) is 0 Å². The Morgan fingerprint density at radius 2 is 2.21 bits per heavy atom. The predicted octanol–water partition coefficient (Wildman–Crippen LogP) is 1.73. The van der Waals surface area contributed by atoms with Gasteiger partial charge in [-0.2, -0.15) is 0 Å². The van der Waals surface area contributed by atoms with Crippen LogP contribution in [0, 0.1) is 5.92 Å². The number of fused-ring (bicyclic) bond motifs is 2. The number of hydrogen-bond acceptors (Lipinski definition) is 3. The number of carbonyl (C=O) groups is 1. The highest BCUT2D eigenvalue weighted by Crippen LogP contribution is 2.61. The van der Waals surface area contributed by atoms with Gasteiger partial charge < -0.3 is 0 Å². The Kier molecular flexibility index (Phi) is 2.80. The van der Waals surface area contributed by atoms with Crippen molar-refractivity contribution in [3.63, 3.8) is 0 Å². The molecule has 6 heteroatoms. The summed E-state index contributed by atoms with van der Waals surface area (Å²) in [6.45, 7) is 0. The molecule has 1 fully saturated rings. The minimum atomic E-state index is -3.47. The zero-order chi connectivity index (χ0) is 13.8. The predicted molar refractivity (Wildman–Crippen MR) is 75.2 cm³/mol. The van der Waals surface area contributed by atoms with Crippen LogP contribution >= 0.6 is 15.9 Å². The van der Waals surface area contributed by atoms with Crippen molar-refractivity contribution in [3.8, 4) is 0 Å². The molecule has 1 saturated carbocycles. The van der Waals surface area contributed by atoms with Crippen LogP contribution in [0.4, 0.5) is 0 Å². The van der Waals surface area contributed by atoms with E-state index in [2.05, 4.69) is 32.8 Å². The van der Waals surface area contributed by atoms with Gasteiger partial charge in [0.15, 0.2) is 0 Å². The van der Waals surface area contributed by atoms with Gasteiger partial charge in [0, 0.05) is 15.8 Å². The van der Waals surface area contributed by atoms with Gasteiger partial charge in [0.25, 0.3) is 0 Å². The van der Waals surface area contributed by atoms with E-state index in [-0.39, 0.29) is 17.2 Å². The van der Waals surface area contributed by atoms with E-state index < -0.39 is 10.0 Å². The largest absolute Gasteiger partial charge is 0.274 e. The molecule has 102 valence electrons. The summed E-state index contributed by atoms with van der Waals surface area (Å²) in [5.41, 5.74) is 2.36. The topological polar surface area (TPSA) is 63.2 Å². The number of halogens is 1. The molecule has 2 aliphatic carbocycles. The van der Waals surface area contributed by atoms with Gasteiger partial charge in [0.05, 0.1) is 6.26 Å². The van der Waals surface area contributed by atoms with Gasteiger partial charge in [0.1, 0.15) is 0 Å². The van der Waals surface area contributed by atoms with Gasteiger partial charge in [-0.1, -0.05) is 22.0 Å². The summed E-state index contributed by atoms with van der Waals surface area (Å²) in [7, 11) is -3.47. The van der Waals surface area contributed by atoms with Crippen molar-refractivity contribution in [1.82, 2.24) is 4.72 Å². The zero-order valence-electron chi connectivity index (χ0n) is 10.4. The number of rotatable bonds is 2. The summed E-state index contributed by atoms with van der Waals surface area (Å²) in [5.74, 6) is -0.567. The van der Waals surface area contributed by atoms with Crippen LogP contribution in [0.3, 0.4) is 0 Å². The molecule has 0 aromatic heterocycles. The smallest absolute Gasteiger partial charge is 0.237 e. The molecule has 4 nitrogen and oxygen atoms in total. The van der Waals surface area contributed by atoms with Gasteiger partial charge in [0.2, 0.25) is 15.9 Å². The first-order valence-electron chi connectivity index (χ1n) is 6.12. The van der Waals surface area contributed by atoms with Gasteiger partial charge in [-0.15, -0.1) is 0 Å². The molecule has 2 atom stereocenters. The van der Waals surface area contributed by atoms with E-state index in [9.17, 15) is 13.2 Å². The van der Waals surface area contributed by atoms with Crippen LogP contribution in [0.15, 0.2) is 22.7 Å². The lowest BCUT2D eigenvalue weighted by Gasteiger charge is -2.11. The molecule has 1 spiro atoms. The fraction of sp³-hybridized carbons (Fsp3) is 0.462. The van der Waals surface area contributed by atoms with Crippen molar-refractivity contribution >= 4 is 31.9 Å². The summed E-state index contributed by atoms with van der Waals surface area (Å²) in [4.78, 5) is 12.0. The van der Waals surface area contributed by atoms with Crippen LogP contribution in [-0.4, -0.2) is 20.6 Å². The maximum Gasteiger partial charge on any atom is 0.237 e. The molecule has 1 N–H and O–H groups in total. The molecule has 1 aromatic rings. The lowest BCUT2D eigenvalue weighted by molar-refractivity contribution is -0.120. The number of aryl methyl sites for hydroxylation is 1. The summed E-state index contributed by atoms with van der Waals surface area (Å²) >= 11 is 3.45. The Bertz CT molecular complexity index is 670. The molecule has 0 unspecified atom stereocenters. The van der Waals surface area contributed by atoms with E-state index in [4.69, 9.17) is 0 Å². The highest BCUT2D eigenvalue weighted by atomic mass is 79.9. The van der Waals surface area contributed by atoms with Crippen molar-refractivity contribution in [1.29, 1.82) is 0 Å². The van der Waals surface area contributed by atoms with Crippen molar-refractivity contribution in [2.75, 3.05) is 6.26 Å². The molecule has 19 heavy (non-hydrogen) atoms. The Morgan fingerprint density at radius 3 is 2.89 bits per heavy atom. The average Bonchev–Trinajstić information content (AvgIpc) is 2.89. The normalized spacial score (nSPS) is 28.2. The molecule has 0 bridgehead atoms. The SMILES string of the molecule is CS(=O)(=O)NC(=O)[C@@H]1C[C@]12CCc1cc(Br)ccc12. The molecule has 0 saturated heterocycles. The number of amides is 1. The number of sulfonamides is 1. The molecule has 2 aliphatic rings. The minimum absolute atomic E-state index is 0.120. The monoisotopic (exact) mass is 343 g/mol. The summed E-state index contributed by atoms with van der Waals surface area (Å²) < 4.78 is 25.4. The number of benzene rings is 1. The lowest BCUT2D eigenvalue weighted by atomic mass is 9.95. The van der Waals surface area contributed by atoms with E-state index in [1.165, 1.54) is 11.1 Å². The van der Waals surface area contributed by atoms with E-state index in [1.54, 1.807) is 0 Å². The highest BCUT2D eigenvalue weighted by Gasteiger charge is 2.61. The summed E-state index contributed by atoms with van der Waals surface area (Å²) in [6.07, 6.45) is 3.65. The number of nitrogens with one attached hydrogen (secondary N) is 1. The van der Waals surface area contributed by atoms with Crippen molar-refractivity contribution in [2.45, 2.75) is 24.7 Å². The molecular weight excluding hydrogens is 330 g/mol. The third-order valence-electron chi connectivity index (χ3n) is 4.12. The second-order valence-electron chi connectivity index (χ2n) is 5.45. The molecule has 1 aromatic carbocycles. The quantitative estimate of drug-likeness (QED) is 0.889. The van der Waals surface area contributed by atoms with Crippen molar-refractivity contribution < 1.29 is 13.2 Å². The Labute approximate surface area is 120 Å². The molecule has 0 aliphatic heterocycles. The first kappa shape index (κ1) is 13.1. The zero-order valence-corrected chi connectivity index (χ0v) is 12.8. The summed E-state index contributed by atoms with van der Waals surface area (Å²) in [6, 6.07) is 6.13. The highest BCUT2D eigenvalue weighted by molar-refractivity contribution is 9.10. The Hall–Kier alpha value is -0.880. The van der Waals surface area contributed by atoms with Crippen LogP contribution in [0.5, 0.6) is 0 Å². The third kappa shape index (κ3) is 2.21. The average molecular weight is 344 g/mol. The Balaban J connectivity index is 1.86. The van der Waals surface area contributed by atoms with Gasteiger partial charge >= 0.3 is 0 Å². The molecule has 3 rings (SSSR count). The third-order valence-corrected chi connectivity index (χ3v) is 5.19. The van der Waals surface area contributed by atoms with Crippen LogP contribution in [0.1, 0.15) is 24.0 Å². The second-order valence-corrected chi connectivity index (χ2v) is 8.12. The molecular formula is C13H14BrNO3S. The van der Waals surface area contributed by atoms with Crippen LogP contribution < -0.4 is 4.72 Å². The van der Waals surface area contributed by atoms with Gasteiger partial charge in [-0.05, 0) is 42.5 Å². The lowest BCUT2D eigenvalue weighted by Crippen LogP contribution is -2.32. The van der Waals surface area contributed by atoms with Crippen molar-refractivity contribution in [2.24, 2.45) is 5.92 Å². The number of carbonyl (C=O) groups excluding carboxylic acids is 1. The maximum absolute atomic E-state index is 12.0. The van der Waals surface area contributed by atoms with E-state index >= 15 is 0 Å². The first-order chi connectivity index (χ1) is 8.82. The Morgan fingerprint density at radius 1 is 1.47 bits per heavy atom. The molecule has 0 radical (unpaired) electrons. The second kappa shape index (κ2) is 4.06. The van der Waals surface area contributed by atoms with Crippen LogP contribution in [0.2, 0.25) is 0 Å². The van der Waals surface area contributed by atoms with Gasteiger partial charge in [-0.3, -0.25) is 9.52 Å². The van der Waals surface area contributed by atoms with E-state index in [1.807, 2.05) is 6.07 Å².